The minimum absolute atomic E-state index is 1.07. The number of nitrogens with zero attached hydrogens (tertiary/aromatic N) is 3. The van der Waals surface area contributed by atoms with Crippen molar-refractivity contribution in [3.8, 4) is 0 Å². The van der Waals surface area contributed by atoms with Gasteiger partial charge in [0.2, 0.25) is 0 Å². The van der Waals surface area contributed by atoms with Crippen LogP contribution >= 0.6 is 0 Å². The van der Waals surface area contributed by atoms with Crippen molar-refractivity contribution in [3.63, 3.8) is 0 Å². The number of rotatable bonds is 6. The summed E-state index contributed by atoms with van der Waals surface area (Å²) in [7, 11) is 2.21. The molecule has 0 saturated carbocycles. The van der Waals surface area contributed by atoms with Crippen LogP contribution in [-0.2, 0) is 6.54 Å². The zero-order chi connectivity index (χ0) is 13.5. The smallest absolute Gasteiger partial charge is 0.0234 e. The molecule has 0 aliphatic carbocycles. The first-order valence-electron chi connectivity index (χ1n) is 7.45. The van der Waals surface area contributed by atoms with E-state index in [9.17, 15) is 0 Å². The molecule has 3 heteroatoms. The fourth-order valence-corrected chi connectivity index (χ4v) is 2.54. The number of likely N-dealkylation sites (N-methyl/N-ethyl adjacent to an activating group) is 2. The quantitative estimate of drug-likeness (QED) is 0.772. The van der Waals surface area contributed by atoms with E-state index in [1.54, 1.807) is 0 Å². The fourth-order valence-electron chi connectivity index (χ4n) is 2.54. The zero-order valence-electron chi connectivity index (χ0n) is 12.4. The van der Waals surface area contributed by atoms with Crippen LogP contribution in [0, 0.1) is 0 Å². The predicted octanol–water partition coefficient (Wildman–Crippen LogP) is 1.76. The molecule has 0 atom stereocenters. The van der Waals surface area contributed by atoms with Gasteiger partial charge in [-0.05, 0) is 19.2 Å². The van der Waals surface area contributed by atoms with Gasteiger partial charge in [-0.25, -0.2) is 0 Å². The van der Waals surface area contributed by atoms with Crippen LogP contribution in [0.1, 0.15) is 12.5 Å². The Morgan fingerprint density at radius 1 is 1.05 bits per heavy atom. The van der Waals surface area contributed by atoms with E-state index in [0.29, 0.717) is 0 Å². The second-order valence-corrected chi connectivity index (χ2v) is 5.50. The largest absolute Gasteiger partial charge is 0.304 e. The molecule has 2 rings (SSSR count). The highest BCUT2D eigenvalue weighted by molar-refractivity contribution is 5.14. The molecule has 1 aromatic carbocycles. The Morgan fingerprint density at radius 2 is 1.74 bits per heavy atom. The molecule has 1 aliphatic heterocycles. The average molecular weight is 261 g/mol. The normalized spacial score (nSPS) is 18.1. The molecule has 1 fully saturated rings. The van der Waals surface area contributed by atoms with E-state index in [-0.39, 0.29) is 0 Å². The Kier molecular flexibility index (Phi) is 5.83. The summed E-state index contributed by atoms with van der Waals surface area (Å²) in [5.74, 6) is 0. The van der Waals surface area contributed by atoms with Gasteiger partial charge < -0.3 is 4.90 Å². The molecule has 1 heterocycles. The molecule has 1 aliphatic rings. The molecule has 19 heavy (non-hydrogen) atoms. The lowest BCUT2D eigenvalue weighted by Gasteiger charge is -2.33. The highest BCUT2D eigenvalue weighted by Gasteiger charge is 2.14. The van der Waals surface area contributed by atoms with Crippen LogP contribution in [-0.4, -0.2) is 67.6 Å². The van der Waals surface area contributed by atoms with Crippen molar-refractivity contribution in [3.05, 3.63) is 35.9 Å². The summed E-state index contributed by atoms with van der Waals surface area (Å²) >= 11 is 0. The van der Waals surface area contributed by atoms with Gasteiger partial charge in [0.05, 0.1) is 0 Å². The number of piperazine rings is 1. The highest BCUT2D eigenvalue weighted by Crippen LogP contribution is 2.05. The number of hydrogen-bond donors (Lipinski definition) is 0. The van der Waals surface area contributed by atoms with E-state index in [0.717, 1.165) is 13.1 Å². The first kappa shape index (κ1) is 14.5. The summed E-state index contributed by atoms with van der Waals surface area (Å²) in [6.45, 7) is 11.7. The van der Waals surface area contributed by atoms with Crippen molar-refractivity contribution in [2.45, 2.75) is 13.5 Å². The van der Waals surface area contributed by atoms with Crippen molar-refractivity contribution < 1.29 is 0 Å². The Morgan fingerprint density at radius 3 is 2.37 bits per heavy atom. The monoisotopic (exact) mass is 261 g/mol. The summed E-state index contributed by atoms with van der Waals surface area (Å²) in [5.41, 5.74) is 1.42. The molecule has 0 amide bonds. The summed E-state index contributed by atoms with van der Waals surface area (Å²) in [5, 5.41) is 0. The lowest BCUT2D eigenvalue weighted by atomic mass is 10.2. The topological polar surface area (TPSA) is 9.72 Å². The van der Waals surface area contributed by atoms with Gasteiger partial charge in [-0.3, -0.25) is 9.80 Å². The summed E-state index contributed by atoms with van der Waals surface area (Å²) in [6.07, 6.45) is 0. The van der Waals surface area contributed by atoms with Gasteiger partial charge in [0, 0.05) is 45.8 Å². The Hall–Kier alpha value is -0.900. The van der Waals surface area contributed by atoms with Crippen LogP contribution in [0.5, 0.6) is 0 Å². The van der Waals surface area contributed by atoms with Crippen LogP contribution in [0.3, 0.4) is 0 Å². The average Bonchev–Trinajstić information content (AvgIpc) is 2.46. The van der Waals surface area contributed by atoms with E-state index >= 15 is 0 Å². The van der Waals surface area contributed by atoms with Crippen LogP contribution < -0.4 is 0 Å². The van der Waals surface area contributed by atoms with Gasteiger partial charge in [-0.2, -0.15) is 0 Å². The molecule has 0 N–H and O–H groups in total. The first-order valence-corrected chi connectivity index (χ1v) is 7.45. The summed E-state index contributed by atoms with van der Waals surface area (Å²) in [4.78, 5) is 7.54. The van der Waals surface area contributed by atoms with Crippen LogP contribution in [0.4, 0.5) is 0 Å². The number of hydrogen-bond acceptors (Lipinski definition) is 3. The lowest BCUT2D eigenvalue weighted by molar-refractivity contribution is 0.134. The maximum absolute atomic E-state index is 2.59. The van der Waals surface area contributed by atoms with E-state index < -0.39 is 0 Å². The maximum atomic E-state index is 2.59. The molecule has 0 aromatic heterocycles. The lowest BCUT2D eigenvalue weighted by Crippen LogP contribution is -2.46. The third-order valence-electron chi connectivity index (χ3n) is 4.02. The molecule has 0 bridgehead atoms. The molecule has 1 aromatic rings. The van der Waals surface area contributed by atoms with Crippen molar-refractivity contribution in [2.75, 3.05) is 52.9 Å². The van der Waals surface area contributed by atoms with Gasteiger partial charge in [0.15, 0.2) is 0 Å². The van der Waals surface area contributed by atoms with E-state index in [4.69, 9.17) is 0 Å². The zero-order valence-corrected chi connectivity index (χ0v) is 12.4. The Bertz CT molecular complexity index is 344. The fraction of sp³-hybridized carbons (Fsp3) is 0.625. The highest BCUT2D eigenvalue weighted by atomic mass is 15.3. The first-order chi connectivity index (χ1) is 9.28. The van der Waals surface area contributed by atoms with E-state index in [1.165, 1.54) is 44.8 Å². The summed E-state index contributed by atoms with van der Waals surface area (Å²) in [6, 6.07) is 10.8. The SMILES string of the molecule is CCN(CCN1CCN(C)CC1)Cc1ccccc1. The van der Waals surface area contributed by atoms with Gasteiger partial charge in [0.1, 0.15) is 0 Å². The predicted molar refractivity (Wildman–Crippen MR) is 81.3 cm³/mol. The number of benzene rings is 1. The van der Waals surface area contributed by atoms with E-state index in [1.807, 2.05) is 0 Å². The standard InChI is InChI=1S/C16H27N3/c1-3-18(15-16-7-5-4-6-8-16)13-14-19-11-9-17(2)10-12-19/h4-8H,3,9-15H2,1-2H3. The molecular formula is C16H27N3. The van der Waals surface area contributed by atoms with Gasteiger partial charge in [-0.1, -0.05) is 37.3 Å². The molecule has 1 saturated heterocycles. The van der Waals surface area contributed by atoms with Crippen LogP contribution in [0.15, 0.2) is 30.3 Å². The van der Waals surface area contributed by atoms with Crippen LogP contribution in [0.2, 0.25) is 0 Å². The molecular weight excluding hydrogens is 234 g/mol. The summed E-state index contributed by atoms with van der Waals surface area (Å²) < 4.78 is 0. The van der Waals surface area contributed by atoms with Crippen molar-refractivity contribution in [1.82, 2.24) is 14.7 Å². The second kappa shape index (κ2) is 7.63. The molecule has 3 nitrogen and oxygen atoms in total. The van der Waals surface area contributed by atoms with Gasteiger partial charge >= 0.3 is 0 Å². The third kappa shape index (κ3) is 4.94. The van der Waals surface area contributed by atoms with Crippen molar-refractivity contribution >= 4 is 0 Å². The minimum Gasteiger partial charge on any atom is -0.304 e. The molecule has 0 unspecified atom stereocenters. The van der Waals surface area contributed by atoms with E-state index in [2.05, 4.69) is 59.0 Å². The van der Waals surface area contributed by atoms with Crippen LogP contribution in [0.25, 0.3) is 0 Å². The Balaban J connectivity index is 1.73. The van der Waals surface area contributed by atoms with Crippen molar-refractivity contribution in [1.29, 1.82) is 0 Å². The molecule has 0 radical (unpaired) electrons. The second-order valence-electron chi connectivity index (χ2n) is 5.50. The molecule has 106 valence electrons. The minimum atomic E-state index is 1.07. The third-order valence-corrected chi connectivity index (χ3v) is 4.02. The molecule has 0 spiro atoms. The van der Waals surface area contributed by atoms with Crippen molar-refractivity contribution in [2.24, 2.45) is 0 Å². The maximum Gasteiger partial charge on any atom is 0.0234 e. The van der Waals surface area contributed by atoms with Gasteiger partial charge in [-0.15, -0.1) is 0 Å². The Labute approximate surface area is 117 Å². The van der Waals surface area contributed by atoms with Gasteiger partial charge in [0.25, 0.3) is 0 Å².